The maximum Gasteiger partial charge on any atom is 0.243 e. The maximum absolute atomic E-state index is 13.1. The van der Waals surface area contributed by atoms with Crippen molar-refractivity contribution in [1.29, 1.82) is 0 Å². The Hall–Kier alpha value is -2.05. The number of carbonyl (C=O) groups is 1. The molecule has 2 aliphatic heterocycles. The molecule has 2 saturated heterocycles. The van der Waals surface area contributed by atoms with Crippen molar-refractivity contribution in [2.75, 3.05) is 69.2 Å². The molecular formula is C21H29N5O4S2. The van der Waals surface area contributed by atoms with Gasteiger partial charge in [-0.05, 0) is 31.0 Å². The van der Waals surface area contributed by atoms with Crippen molar-refractivity contribution in [2.45, 2.75) is 18.2 Å². The molecule has 4 rings (SSSR count). The van der Waals surface area contributed by atoms with Crippen LogP contribution in [-0.4, -0.2) is 87.5 Å². The van der Waals surface area contributed by atoms with Gasteiger partial charge in [0.1, 0.15) is 0 Å². The Morgan fingerprint density at radius 2 is 1.97 bits per heavy atom. The van der Waals surface area contributed by atoms with Crippen molar-refractivity contribution in [3.05, 3.63) is 35.3 Å². The van der Waals surface area contributed by atoms with Gasteiger partial charge in [-0.3, -0.25) is 9.69 Å². The van der Waals surface area contributed by atoms with Gasteiger partial charge in [-0.2, -0.15) is 4.31 Å². The van der Waals surface area contributed by atoms with Gasteiger partial charge in [-0.25, -0.2) is 13.4 Å². The Bertz CT molecular complexity index is 1020. The fourth-order valence-corrected chi connectivity index (χ4v) is 6.33. The van der Waals surface area contributed by atoms with E-state index < -0.39 is 10.0 Å². The molecule has 1 aromatic carbocycles. The van der Waals surface area contributed by atoms with Gasteiger partial charge in [0.25, 0.3) is 0 Å². The van der Waals surface area contributed by atoms with E-state index in [2.05, 4.69) is 20.1 Å². The number of aromatic nitrogens is 1. The maximum atomic E-state index is 13.1. The molecule has 0 aliphatic carbocycles. The SMILES string of the molecule is Cc1ccc(NC(=O)CN2CCCN(c3nccs3)CC2)cc1S(=O)(=O)N1CCOCC1. The number of nitrogens with one attached hydrogen (secondary N) is 1. The van der Waals surface area contributed by atoms with Gasteiger partial charge in [0, 0.05) is 56.5 Å². The third kappa shape index (κ3) is 5.46. The third-order valence-corrected chi connectivity index (χ3v) is 8.58. The smallest absolute Gasteiger partial charge is 0.243 e. The summed E-state index contributed by atoms with van der Waals surface area (Å²) >= 11 is 1.63. The van der Waals surface area contributed by atoms with Crippen molar-refractivity contribution < 1.29 is 17.9 Å². The molecule has 0 bridgehead atoms. The van der Waals surface area contributed by atoms with Gasteiger partial charge in [-0.1, -0.05) is 6.07 Å². The fraction of sp³-hybridized carbons (Fsp3) is 0.524. The normalized spacial score (nSPS) is 19.0. The zero-order valence-electron chi connectivity index (χ0n) is 18.2. The zero-order valence-corrected chi connectivity index (χ0v) is 19.8. The molecule has 0 spiro atoms. The highest BCUT2D eigenvalue weighted by atomic mass is 32.2. The summed E-state index contributed by atoms with van der Waals surface area (Å²) in [6, 6.07) is 5.05. The van der Waals surface area contributed by atoms with E-state index >= 15 is 0 Å². The molecule has 2 fully saturated rings. The van der Waals surface area contributed by atoms with Crippen LogP contribution in [0, 0.1) is 6.92 Å². The quantitative estimate of drug-likeness (QED) is 0.673. The largest absolute Gasteiger partial charge is 0.379 e. The van der Waals surface area contributed by atoms with Crippen LogP contribution in [0.4, 0.5) is 10.8 Å². The number of nitrogens with zero attached hydrogens (tertiary/aromatic N) is 4. The van der Waals surface area contributed by atoms with E-state index in [1.807, 2.05) is 11.6 Å². The molecule has 174 valence electrons. The van der Waals surface area contributed by atoms with E-state index in [9.17, 15) is 13.2 Å². The molecule has 1 aromatic heterocycles. The number of carbonyl (C=O) groups excluding carboxylic acids is 1. The summed E-state index contributed by atoms with van der Waals surface area (Å²) in [4.78, 5) is 21.7. The minimum absolute atomic E-state index is 0.147. The number of sulfonamides is 1. The van der Waals surface area contributed by atoms with Crippen LogP contribution in [0.1, 0.15) is 12.0 Å². The third-order valence-electron chi connectivity index (χ3n) is 5.71. The van der Waals surface area contributed by atoms with Crippen molar-refractivity contribution >= 4 is 38.1 Å². The van der Waals surface area contributed by atoms with E-state index in [0.717, 1.165) is 37.7 Å². The number of ether oxygens (including phenoxy) is 1. The molecule has 0 saturated carbocycles. The van der Waals surface area contributed by atoms with E-state index in [-0.39, 0.29) is 17.3 Å². The van der Waals surface area contributed by atoms with Crippen LogP contribution < -0.4 is 10.2 Å². The second-order valence-corrected chi connectivity index (χ2v) is 10.8. The summed E-state index contributed by atoms with van der Waals surface area (Å²) in [5.74, 6) is -0.147. The summed E-state index contributed by atoms with van der Waals surface area (Å²) in [6.07, 6.45) is 2.77. The number of aryl methyl sites for hydroxylation is 1. The van der Waals surface area contributed by atoms with E-state index in [0.29, 0.717) is 37.6 Å². The molecule has 0 unspecified atom stereocenters. The molecule has 11 heteroatoms. The number of amides is 1. The lowest BCUT2D eigenvalue weighted by Gasteiger charge is -2.27. The van der Waals surface area contributed by atoms with Crippen molar-refractivity contribution in [2.24, 2.45) is 0 Å². The molecule has 2 aliphatic rings. The van der Waals surface area contributed by atoms with Crippen LogP contribution in [0.3, 0.4) is 0 Å². The highest BCUT2D eigenvalue weighted by molar-refractivity contribution is 7.89. The molecule has 2 aromatic rings. The summed E-state index contributed by atoms with van der Waals surface area (Å²) in [5.41, 5.74) is 1.15. The van der Waals surface area contributed by atoms with E-state index in [4.69, 9.17) is 4.74 Å². The number of morpholine rings is 1. The fourth-order valence-electron chi connectivity index (χ4n) is 3.98. The first-order chi connectivity index (χ1) is 15.4. The number of thiazole rings is 1. The molecule has 3 heterocycles. The predicted molar refractivity (Wildman–Crippen MR) is 125 cm³/mol. The Balaban J connectivity index is 1.37. The first-order valence-corrected chi connectivity index (χ1v) is 13.1. The molecule has 1 amide bonds. The van der Waals surface area contributed by atoms with Gasteiger partial charge in [0.15, 0.2) is 5.13 Å². The molecule has 0 atom stereocenters. The number of rotatable bonds is 6. The lowest BCUT2D eigenvalue weighted by atomic mass is 10.2. The predicted octanol–water partition coefficient (Wildman–Crippen LogP) is 1.62. The zero-order chi connectivity index (χ0) is 22.6. The van der Waals surface area contributed by atoms with Gasteiger partial charge < -0.3 is 15.0 Å². The minimum Gasteiger partial charge on any atom is -0.379 e. The first-order valence-electron chi connectivity index (χ1n) is 10.8. The number of benzene rings is 1. The highest BCUT2D eigenvalue weighted by Gasteiger charge is 2.28. The number of hydrogen-bond donors (Lipinski definition) is 1. The van der Waals surface area contributed by atoms with Crippen LogP contribution in [0.15, 0.2) is 34.7 Å². The average molecular weight is 480 g/mol. The Morgan fingerprint density at radius 1 is 1.16 bits per heavy atom. The van der Waals surface area contributed by atoms with Crippen LogP contribution in [0.5, 0.6) is 0 Å². The molecule has 9 nitrogen and oxygen atoms in total. The van der Waals surface area contributed by atoms with Crippen LogP contribution >= 0.6 is 11.3 Å². The highest BCUT2D eigenvalue weighted by Crippen LogP contribution is 2.24. The van der Waals surface area contributed by atoms with Crippen LogP contribution in [-0.2, 0) is 19.6 Å². The summed E-state index contributed by atoms with van der Waals surface area (Å²) in [6.45, 7) is 6.86. The monoisotopic (exact) mass is 479 g/mol. The summed E-state index contributed by atoms with van der Waals surface area (Å²) in [5, 5.41) is 5.87. The average Bonchev–Trinajstić information content (AvgIpc) is 3.23. The Kier molecular flexibility index (Phi) is 7.41. The summed E-state index contributed by atoms with van der Waals surface area (Å²) < 4.78 is 32.9. The molecule has 0 radical (unpaired) electrons. The van der Waals surface area contributed by atoms with Crippen LogP contribution in [0.2, 0.25) is 0 Å². The van der Waals surface area contributed by atoms with E-state index in [1.54, 1.807) is 36.5 Å². The van der Waals surface area contributed by atoms with Crippen molar-refractivity contribution in [3.63, 3.8) is 0 Å². The second kappa shape index (κ2) is 10.3. The van der Waals surface area contributed by atoms with E-state index in [1.165, 1.54) is 4.31 Å². The lowest BCUT2D eigenvalue weighted by molar-refractivity contribution is -0.117. The minimum atomic E-state index is -3.63. The number of anilines is 2. The Labute approximate surface area is 193 Å². The second-order valence-electron chi connectivity index (χ2n) is 7.98. The molecule has 1 N–H and O–H groups in total. The van der Waals surface area contributed by atoms with Gasteiger partial charge in [0.2, 0.25) is 15.9 Å². The first kappa shape index (κ1) is 23.1. The summed E-state index contributed by atoms with van der Waals surface area (Å²) in [7, 11) is -3.63. The molecular weight excluding hydrogens is 450 g/mol. The topological polar surface area (TPSA) is 95.1 Å². The van der Waals surface area contributed by atoms with Crippen LogP contribution in [0.25, 0.3) is 0 Å². The van der Waals surface area contributed by atoms with Gasteiger partial charge >= 0.3 is 0 Å². The lowest BCUT2D eigenvalue weighted by Crippen LogP contribution is -2.40. The standard InChI is InChI=1S/C21H29N5O4S2/c1-17-3-4-18(15-19(17)32(28,29)26-10-12-30-13-11-26)23-20(27)16-24-6-2-7-25(9-8-24)21-22-5-14-31-21/h3-5,14-15H,2,6-13,16H2,1H3,(H,23,27). The number of hydrogen-bond acceptors (Lipinski definition) is 8. The molecule has 32 heavy (non-hydrogen) atoms. The van der Waals surface area contributed by atoms with Gasteiger partial charge in [-0.15, -0.1) is 11.3 Å². The van der Waals surface area contributed by atoms with Crippen molar-refractivity contribution in [3.8, 4) is 0 Å². The van der Waals surface area contributed by atoms with Gasteiger partial charge in [0.05, 0.1) is 24.7 Å². The Morgan fingerprint density at radius 3 is 2.72 bits per heavy atom. The van der Waals surface area contributed by atoms with Crippen molar-refractivity contribution in [1.82, 2.24) is 14.2 Å².